The minimum atomic E-state index is -0.617. The maximum Gasteiger partial charge on any atom is 0.0861 e. The van der Waals surface area contributed by atoms with Gasteiger partial charge >= 0.3 is 0 Å². The van der Waals surface area contributed by atoms with Crippen LogP contribution in [0.5, 0.6) is 0 Å². The number of benzene rings is 1. The summed E-state index contributed by atoms with van der Waals surface area (Å²) < 4.78 is 0. The lowest BCUT2D eigenvalue weighted by molar-refractivity contribution is 0.113. The minimum Gasteiger partial charge on any atom is -0.394 e. The van der Waals surface area contributed by atoms with E-state index in [9.17, 15) is 5.11 Å². The summed E-state index contributed by atoms with van der Waals surface area (Å²) in [5, 5.41) is 21.8. The molecule has 1 aromatic rings. The number of aliphatic hydroxyl groups is 2. The summed E-state index contributed by atoms with van der Waals surface area (Å²) in [5.74, 6) is 1.48. The second-order valence-corrected chi connectivity index (χ2v) is 5.81. The molecule has 2 unspecified atom stereocenters. The van der Waals surface area contributed by atoms with E-state index in [0.717, 1.165) is 18.7 Å². The van der Waals surface area contributed by atoms with Gasteiger partial charge in [-0.25, -0.2) is 0 Å². The van der Waals surface area contributed by atoms with Crippen LogP contribution in [0.3, 0.4) is 0 Å². The third kappa shape index (κ3) is 5.95. The van der Waals surface area contributed by atoms with E-state index in [1.165, 1.54) is 11.1 Å². The summed E-state index contributed by atoms with van der Waals surface area (Å²) in [7, 11) is 0. The van der Waals surface area contributed by atoms with Crippen LogP contribution >= 0.6 is 11.8 Å². The zero-order valence-electron chi connectivity index (χ0n) is 11.8. The first-order valence-corrected chi connectivity index (χ1v) is 8.00. The fourth-order valence-corrected chi connectivity index (χ4v) is 2.98. The molecule has 0 saturated carbocycles. The predicted octanol–water partition coefficient (Wildman–Crippen LogP) is 2.12. The van der Waals surface area contributed by atoms with Crippen LogP contribution in [0.25, 0.3) is 0 Å². The Morgan fingerprint density at radius 2 is 2.00 bits per heavy atom. The summed E-state index contributed by atoms with van der Waals surface area (Å²) >= 11 is 1.68. The maximum absolute atomic E-state index is 9.38. The van der Waals surface area contributed by atoms with Gasteiger partial charge < -0.3 is 15.5 Å². The zero-order chi connectivity index (χ0) is 14.1. The summed E-state index contributed by atoms with van der Waals surface area (Å²) in [4.78, 5) is 0. The lowest BCUT2D eigenvalue weighted by Crippen LogP contribution is -2.26. The third-order valence-electron chi connectivity index (χ3n) is 3.01. The number of hydrogen-bond acceptors (Lipinski definition) is 4. The predicted molar refractivity (Wildman–Crippen MR) is 82.6 cm³/mol. The van der Waals surface area contributed by atoms with Gasteiger partial charge in [0.25, 0.3) is 0 Å². The van der Waals surface area contributed by atoms with E-state index in [-0.39, 0.29) is 6.61 Å². The van der Waals surface area contributed by atoms with Crippen LogP contribution in [0.2, 0.25) is 0 Å². The van der Waals surface area contributed by atoms with E-state index in [1.54, 1.807) is 11.8 Å². The lowest BCUT2D eigenvalue weighted by atomic mass is 10.0. The van der Waals surface area contributed by atoms with Crippen LogP contribution in [-0.2, 0) is 0 Å². The highest BCUT2D eigenvalue weighted by molar-refractivity contribution is 7.99. The van der Waals surface area contributed by atoms with Crippen molar-refractivity contribution in [3.05, 3.63) is 35.4 Å². The highest BCUT2D eigenvalue weighted by atomic mass is 32.2. The van der Waals surface area contributed by atoms with E-state index in [4.69, 9.17) is 5.11 Å². The van der Waals surface area contributed by atoms with Crippen molar-refractivity contribution in [2.24, 2.45) is 0 Å². The topological polar surface area (TPSA) is 52.5 Å². The molecule has 0 radical (unpaired) electrons. The Morgan fingerprint density at radius 1 is 1.26 bits per heavy atom. The molecular formula is C15H25NO2S. The molecule has 0 saturated heterocycles. The minimum absolute atomic E-state index is 0.162. The third-order valence-corrected chi connectivity index (χ3v) is 4.20. The first-order chi connectivity index (χ1) is 9.19. The van der Waals surface area contributed by atoms with Crippen LogP contribution in [0.15, 0.2) is 24.3 Å². The van der Waals surface area contributed by atoms with Crippen molar-refractivity contribution >= 4 is 11.8 Å². The van der Waals surface area contributed by atoms with Gasteiger partial charge in [0.15, 0.2) is 0 Å². The van der Waals surface area contributed by atoms with Gasteiger partial charge in [0.1, 0.15) is 0 Å². The zero-order valence-corrected chi connectivity index (χ0v) is 12.6. The Balaban J connectivity index is 2.59. The Kier molecular flexibility index (Phi) is 8.14. The van der Waals surface area contributed by atoms with Gasteiger partial charge in [0.05, 0.1) is 12.7 Å². The second-order valence-electron chi connectivity index (χ2n) is 4.74. The van der Waals surface area contributed by atoms with Gasteiger partial charge in [0, 0.05) is 17.5 Å². The molecule has 108 valence electrons. The molecule has 0 amide bonds. The molecule has 0 bridgehead atoms. The summed E-state index contributed by atoms with van der Waals surface area (Å²) in [6.07, 6.45) is 0.487. The Bertz CT molecular complexity index is 360. The van der Waals surface area contributed by atoms with Crippen LogP contribution in [0.1, 0.15) is 30.5 Å². The molecule has 0 aliphatic heterocycles. The van der Waals surface area contributed by atoms with E-state index in [0.29, 0.717) is 11.8 Å². The van der Waals surface area contributed by atoms with Gasteiger partial charge in [-0.1, -0.05) is 31.2 Å². The monoisotopic (exact) mass is 283 g/mol. The standard InChI is InChI=1S/C15H25NO2S/c1-3-8-16-15(11-19-10-13(18)9-17)14-7-5-4-6-12(14)2/h4-7,13,15-18H,3,8-11H2,1-2H3. The summed E-state index contributed by atoms with van der Waals surface area (Å²) in [5.41, 5.74) is 2.61. The van der Waals surface area contributed by atoms with E-state index < -0.39 is 6.10 Å². The molecule has 0 aromatic heterocycles. The van der Waals surface area contributed by atoms with Crippen molar-refractivity contribution in [3.8, 4) is 0 Å². The van der Waals surface area contributed by atoms with Gasteiger partial charge in [-0.15, -0.1) is 0 Å². The van der Waals surface area contributed by atoms with Crippen molar-refractivity contribution in [1.82, 2.24) is 5.32 Å². The summed E-state index contributed by atoms with van der Waals surface area (Å²) in [6.45, 7) is 5.11. The lowest BCUT2D eigenvalue weighted by Gasteiger charge is -2.21. The Morgan fingerprint density at radius 3 is 2.63 bits per heavy atom. The van der Waals surface area contributed by atoms with Crippen molar-refractivity contribution in [2.75, 3.05) is 24.7 Å². The quantitative estimate of drug-likeness (QED) is 0.650. The molecule has 0 spiro atoms. The molecule has 0 heterocycles. The molecule has 4 heteroatoms. The van der Waals surface area contributed by atoms with Gasteiger partial charge in [-0.05, 0) is 31.0 Å². The largest absolute Gasteiger partial charge is 0.394 e. The SMILES string of the molecule is CCCNC(CSCC(O)CO)c1ccccc1C. The fraction of sp³-hybridized carbons (Fsp3) is 0.600. The number of aliphatic hydroxyl groups excluding tert-OH is 2. The molecule has 19 heavy (non-hydrogen) atoms. The maximum atomic E-state index is 9.38. The number of hydrogen-bond donors (Lipinski definition) is 3. The van der Waals surface area contributed by atoms with Gasteiger partial charge in [-0.3, -0.25) is 0 Å². The van der Waals surface area contributed by atoms with E-state index >= 15 is 0 Å². The molecule has 3 nitrogen and oxygen atoms in total. The Hall–Kier alpha value is -0.550. The molecular weight excluding hydrogens is 258 g/mol. The molecule has 3 N–H and O–H groups in total. The highest BCUT2D eigenvalue weighted by Gasteiger charge is 2.13. The van der Waals surface area contributed by atoms with Gasteiger partial charge in [0.2, 0.25) is 0 Å². The van der Waals surface area contributed by atoms with Crippen LogP contribution < -0.4 is 5.32 Å². The van der Waals surface area contributed by atoms with Crippen LogP contribution in [-0.4, -0.2) is 41.0 Å². The molecule has 0 aliphatic rings. The Labute approximate surface area is 120 Å². The average Bonchev–Trinajstić information content (AvgIpc) is 2.43. The highest BCUT2D eigenvalue weighted by Crippen LogP contribution is 2.22. The first kappa shape index (κ1) is 16.5. The van der Waals surface area contributed by atoms with Crippen molar-refractivity contribution in [3.63, 3.8) is 0 Å². The van der Waals surface area contributed by atoms with E-state index in [1.807, 2.05) is 0 Å². The molecule has 2 atom stereocenters. The fourth-order valence-electron chi connectivity index (χ4n) is 1.93. The van der Waals surface area contributed by atoms with Crippen molar-refractivity contribution in [1.29, 1.82) is 0 Å². The normalized spacial score (nSPS) is 14.3. The number of aryl methyl sites for hydroxylation is 1. The van der Waals surface area contributed by atoms with Crippen LogP contribution in [0, 0.1) is 6.92 Å². The number of thioether (sulfide) groups is 1. The molecule has 1 rings (SSSR count). The molecule has 0 aliphatic carbocycles. The second kappa shape index (κ2) is 9.37. The number of nitrogens with one attached hydrogen (secondary N) is 1. The van der Waals surface area contributed by atoms with E-state index in [2.05, 4.69) is 43.4 Å². The molecule has 0 fully saturated rings. The number of rotatable bonds is 9. The van der Waals surface area contributed by atoms with Crippen molar-refractivity contribution < 1.29 is 10.2 Å². The van der Waals surface area contributed by atoms with Crippen LogP contribution in [0.4, 0.5) is 0 Å². The summed E-state index contributed by atoms with van der Waals surface area (Å²) in [6, 6.07) is 8.71. The molecule has 1 aromatic carbocycles. The average molecular weight is 283 g/mol. The smallest absolute Gasteiger partial charge is 0.0861 e. The first-order valence-electron chi connectivity index (χ1n) is 6.84. The van der Waals surface area contributed by atoms with Crippen molar-refractivity contribution in [2.45, 2.75) is 32.4 Å². The van der Waals surface area contributed by atoms with Gasteiger partial charge in [-0.2, -0.15) is 11.8 Å².